The van der Waals surface area contributed by atoms with Crippen molar-refractivity contribution in [1.29, 1.82) is 0 Å². The summed E-state index contributed by atoms with van der Waals surface area (Å²) in [6, 6.07) is 14.9. The molecule has 1 N–H and O–H groups in total. The van der Waals surface area contributed by atoms with Gasteiger partial charge in [0, 0.05) is 23.2 Å². The van der Waals surface area contributed by atoms with Crippen molar-refractivity contribution < 1.29 is 18.0 Å². The van der Waals surface area contributed by atoms with E-state index >= 15 is 0 Å². The van der Waals surface area contributed by atoms with Gasteiger partial charge in [0.1, 0.15) is 0 Å². The first kappa shape index (κ1) is 21.3. The number of nitrogens with one attached hydrogen (secondary N) is 1. The molecule has 1 aromatic heterocycles. The lowest BCUT2D eigenvalue weighted by Crippen LogP contribution is -2.29. The number of pyridine rings is 1. The van der Waals surface area contributed by atoms with Crippen LogP contribution in [0.4, 0.5) is 18.9 Å². The number of amides is 1. The molecule has 3 aromatic rings. The fraction of sp³-hybridized carbons (Fsp3) is 0.360. The normalized spacial score (nSPS) is 20.4. The predicted molar refractivity (Wildman–Crippen MR) is 116 cm³/mol. The van der Waals surface area contributed by atoms with Crippen molar-refractivity contribution in [3.05, 3.63) is 71.9 Å². The Morgan fingerprint density at radius 1 is 1.00 bits per heavy atom. The van der Waals surface area contributed by atoms with Crippen LogP contribution in [0.3, 0.4) is 0 Å². The van der Waals surface area contributed by atoms with Crippen LogP contribution in [0.5, 0.6) is 0 Å². The molecule has 0 bridgehead atoms. The van der Waals surface area contributed by atoms with Gasteiger partial charge in [-0.3, -0.25) is 9.78 Å². The molecule has 1 amide bonds. The number of hydrogen-bond donors (Lipinski definition) is 1. The maximum absolute atomic E-state index is 12.7. The van der Waals surface area contributed by atoms with Gasteiger partial charge in [0.15, 0.2) is 0 Å². The van der Waals surface area contributed by atoms with Crippen LogP contribution < -0.4 is 5.32 Å². The van der Waals surface area contributed by atoms with Crippen LogP contribution in [-0.2, 0) is 11.0 Å². The van der Waals surface area contributed by atoms with Gasteiger partial charge in [-0.1, -0.05) is 25.1 Å². The summed E-state index contributed by atoms with van der Waals surface area (Å²) >= 11 is 0. The number of carbonyl (C=O) groups excluding carboxylic acids is 1. The topological polar surface area (TPSA) is 42.0 Å². The second-order valence-corrected chi connectivity index (χ2v) is 8.38. The quantitative estimate of drug-likeness (QED) is 0.498. The van der Waals surface area contributed by atoms with Gasteiger partial charge in [-0.05, 0) is 79.5 Å². The van der Waals surface area contributed by atoms with Gasteiger partial charge in [0.2, 0.25) is 5.91 Å². The molecule has 3 nitrogen and oxygen atoms in total. The number of carbonyl (C=O) groups is 1. The standard InChI is InChI=1S/C25H25F3N2O/c1-16(24(31)30-20-12-10-19(11-13-20)25(26,27)28)17-6-8-18(9-7-17)21-14-15-29-23-5-3-2-4-22(21)23/h2-5,10-18H,6-9H2,1H3,(H,30,31)/t16-,17?,18?/m1/s1. The number of fused-ring (bicyclic) bond motifs is 1. The maximum Gasteiger partial charge on any atom is 0.416 e. The zero-order valence-corrected chi connectivity index (χ0v) is 17.3. The molecule has 1 atom stereocenters. The van der Waals surface area contributed by atoms with Gasteiger partial charge in [-0.2, -0.15) is 13.2 Å². The second-order valence-electron chi connectivity index (χ2n) is 8.38. The maximum atomic E-state index is 12.7. The highest BCUT2D eigenvalue weighted by Gasteiger charge is 2.31. The monoisotopic (exact) mass is 426 g/mol. The third-order valence-corrected chi connectivity index (χ3v) is 6.49. The summed E-state index contributed by atoms with van der Waals surface area (Å²) in [6.45, 7) is 1.91. The predicted octanol–water partition coefficient (Wildman–Crippen LogP) is 6.80. The van der Waals surface area contributed by atoms with Crippen LogP contribution in [0, 0.1) is 11.8 Å². The number of para-hydroxylation sites is 1. The molecule has 1 aliphatic carbocycles. The van der Waals surface area contributed by atoms with Gasteiger partial charge < -0.3 is 5.32 Å². The highest BCUT2D eigenvalue weighted by molar-refractivity contribution is 5.92. The summed E-state index contributed by atoms with van der Waals surface area (Å²) in [5, 5.41) is 3.97. The Labute approximate surface area is 179 Å². The zero-order valence-electron chi connectivity index (χ0n) is 17.3. The van der Waals surface area contributed by atoms with Crippen molar-refractivity contribution >= 4 is 22.5 Å². The number of anilines is 1. The Morgan fingerprint density at radius 2 is 1.68 bits per heavy atom. The molecule has 0 saturated heterocycles. The molecule has 1 aliphatic rings. The van der Waals surface area contributed by atoms with Crippen molar-refractivity contribution in [3.8, 4) is 0 Å². The average Bonchev–Trinajstić information content (AvgIpc) is 2.78. The fourth-order valence-corrected chi connectivity index (χ4v) is 4.62. The molecule has 0 unspecified atom stereocenters. The highest BCUT2D eigenvalue weighted by atomic mass is 19.4. The van der Waals surface area contributed by atoms with Crippen LogP contribution in [0.2, 0.25) is 0 Å². The van der Waals surface area contributed by atoms with Gasteiger partial charge in [0.25, 0.3) is 0 Å². The molecule has 31 heavy (non-hydrogen) atoms. The van der Waals surface area contributed by atoms with Crippen LogP contribution in [-0.4, -0.2) is 10.9 Å². The Hall–Kier alpha value is -2.89. The Morgan fingerprint density at radius 3 is 2.35 bits per heavy atom. The van der Waals surface area contributed by atoms with E-state index in [-0.39, 0.29) is 17.7 Å². The largest absolute Gasteiger partial charge is 0.416 e. The number of halogens is 3. The lowest BCUT2D eigenvalue weighted by molar-refractivity contribution is -0.137. The molecule has 1 fully saturated rings. The molecule has 1 saturated carbocycles. The minimum absolute atomic E-state index is 0.141. The molecule has 4 rings (SSSR count). The lowest BCUT2D eigenvalue weighted by atomic mass is 9.73. The van der Waals surface area contributed by atoms with Crippen LogP contribution >= 0.6 is 0 Å². The first-order valence-electron chi connectivity index (χ1n) is 10.6. The summed E-state index contributed by atoms with van der Waals surface area (Å²) in [5.74, 6) is 0.378. The van der Waals surface area contributed by atoms with Crippen LogP contribution in [0.1, 0.15) is 49.7 Å². The molecule has 0 spiro atoms. The van der Waals surface area contributed by atoms with E-state index in [1.165, 1.54) is 23.1 Å². The van der Waals surface area contributed by atoms with E-state index in [1.807, 2.05) is 31.3 Å². The Balaban J connectivity index is 1.36. The van der Waals surface area contributed by atoms with E-state index in [2.05, 4.69) is 22.4 Å². The minimum Gasteiger partial charge on any atom is -0.326 e. The third-order valence-electron chi connectivity index (χ3n) is 6.49. The van der Waals surface area contributed by atoms with Gasteiger partial charge >= 0.3 is 6.18 Å². The number of rotatable bonds is 4. The first-order valence-corrected chi connectivity index (χ1v) is 10.6. The molecule has 2 aromatic carbocycles. The van der Waals surface area contributed by atoms with Gasteiger partial charge in [-0.25, -0.2) is 0 Å². The molecule has 162 valence electrons. The molecule has 1 heterocycles. The lowest BCUT2D eigenvalue weighted by Gasteiger charge is -2.32. The number of nitrogens with zero attached hydrogens (tertiary/aromatic N) is 1. The fourth-order valence-electron chi connectivity index (χ4n) is 4.62. The molecule has 0 radical (unpaired) electrons. The molecule has 0 aliphatic heterocycles. The average molecular weight is 426 g/mol. The van der Waals surface area contributed by atoms with Crippen molar-refractivity contribution in [1.82, 2.24) is 4.98 Å². The summed E-state index contributed by atoms with van der Waals surface area (Å²) < 4.78 is 38.1. The smallest absolute Gasteiger partial charge is 0.326 e. The summed E-state index contributed by atoms with van der Waals surface area (Å²) in [4.78, 5) is 17.1. The minimum atomic E-state index is -4.38. The summed E-state index contributed by atoms with van der Waals surface area (Å²) in [5.41, 5.74) is 2.00. The van der Waals surface area contributed by atoms with Crippen LogP contribution in [0.25, 0.3) is 10.9 Å². The Kier molecular flexibility index (Phi) is 5.99. The van der Waals surface area contributed by atoms with E-state index < -0.39 is 11.7 Å². The van der Waals surface area contributed by atoms with Crippen molar-refractivity contribution in [2.75, 3.05) is 5.32 Å². The van der Waals surface area contributed by atoms with E-state index in [0.29, 0.717) is 11.6 Å². The zero-order chi connectivity index (χ0) is 22.0. The van der Waals surface area contributed by atoms with E-state index in [1.54, 1.807) is 0 Å². The summed E-state index contributed by atoms with van der Waals surface area (Å²) in [7, 11) is 0. The molecule has 6 heteroatoms. The van der Waals surface area contributed by atoms with Crippen molar-refractivity contribution in [2.24, 2.45) is 11.8 Å². The van der Waals surface area contributed by atoms with E-state index in [9.17, 15) is 18.0 Å². The van der Waals surface area contributed by atoms with Crippen molar-refractivity contribution in [3.63, 3.8) is 0 Å². The first-order chi connectivity index (χ1) is 14.8. The second kappa shape index (κ2) is 8.69. The van der Waals surface area contributed by atoms with Gasteiger partial charge in [0.05, 0.1) is 11.1 Å². The van der Waals surface area contributed by atoms with E-state index in [4.69, 9.17) is 0 Å². The molecular weight excluding hydrogens is 401 g/mol. The summed E-state index contributed by atoms with van der Waals surface area (Å²) in [6.07, 6.45) is 1.40. The number of alkyl halides is 3. The van der Waals surface area contributed by atoms with Crippen LogP contribution in [0.15, 0.2) is 60.8 Å². The molecular formula is C25H25F3N2O. The van der Waals surface area contributed by atoms with E-state index in [0.717, 1.165) is 43.3 Å². The SMILES string of the molecule is C[C@@H](C(=O)Nc1ccc(C(F)(F)F)cc1)C1CCC(c2ccnc3ccccc23)CC1. The number of hydrogen-bond acceptors (Lipinski definition) is 2. The number of benzene rings is 2. The van der Waals surface area contributed by atoms with Crippen molar-refractivity contribution in [2.45, 2.75) is 44.7 Å². The highest BCUT2D eigenvalue weighted by Crippen LogP contribution is 2.41. The third kappa shape index (κ3) is 4.73. The number of aromatic nitrogens is 1. The van der Waals surface area contributed by atoms with Gasteiger partial charge in [-0.15, -0.1) is 0 Å². The Bertz CT molecular complexity index is 1050.